The number of methoxy groups -OCH3 is 1. The molecule has 3 heterocycles. The summed E-state index contributed by atoms with van der Waals surface area (Å²) < 4.78 is 11.0. The van der Waals surface area contributed by atoms with Crippen LogP contribution in [-0.2, 0) is 6.54 Å². The van der Waals surface area contributed by atoms with Crippen LogP contribution in [0.4, 0.5) is 5.95 Å². The summed E-state index contributed by atoms with van der Waals surface area (Å²) in [5, 5.41) is 7.32. The number of hydrogen-bond acceptors (Lipinski definition) is 8. The number of anilines is 1. The molecule has 0 saturated heterocycles. The van der Waals surface area contributed by atoms with Crippen LogP contribution in [0.2, 0.25) is 0 Å². The SMILES string of the molecule is COc1ccccc1CNc1ncc(-c2onc(C)c2C)c(-c2cnc(C)cn2)n1. The van der Waals surface area contributed by atoms with Gasteiger partial charge < -0.3 is 14.6 Å². The first-order valence-corrected chi connectivity index (χ1v) is 9.52. The molecule has 0 aliphatic carbocycles. The van der Waals surface area contributed by atoms with E-state index in [0.29, 0.717) is 35.2 Å². The lowest BCUT2D eigenvalue weighted by Crippen LogP contribution is -2.06. The van der Waals surface area contributed by atoms with Crippen molar-refractivity contribution in [3.63, 3.8) is 0 Å². The third-order valence-corrected chi connectivity index (χ3v) is 4.84. The lowest BCUT2D eigenvalue weighted by atomic mass is 10.1. The average Bonchev–Trinajstić information content (AvgIpc) is 3.11. The number of nitrogens with one attached hydrogen (secondary N) is 1. The van der Waals surface area contributed by atoms with Gasteiger partial charge in [-0.2, -0.15) is 0 Å². The maximum atomic E-state index is 5.55. The minimum Gasteiger partial charge on any atom is -0.496 e. The van der Waals surface area contributed by atoms with Gasteiger partial charge in [0.05, 0.1) is 30.3 Å². The van der Waals surface area contributed by atoms with Crippen LogP contribution < -0.4 is 10.1 Å². The van der Waals surface area contributed by atoms with Crippen molar-refractivity contribution in [2.24, 2.45) is 0 Å². The number of aromatic nitrogens is 5. The zero-order valence-corrected chi connectivity index (χ0v) is 17.3. The highest BCUT2D eigenvalue weighted by Gasteiger charge is 2.19. The number of para-hydroxylation sites is 1. The minimum absolute atomic E-state index is 0.468. The number of ether oxygens (including phenoxy) is 1. The third kappa shape index (κ3) is 3.84. The molecule has 0 aliphatic rings. The van der Waals surface area contributed by atoms with Crippen LogP contribution >= 0.6 is 0 Å². The molecule has 3 aromatic heterocycles. The summed E-state index contributed by atoms with van der Waals surface area (Å²) in [6.45, 7) is 6.27. The second kappa shape index (κ2) is 8.28. The number of rotatable bonds is 6. The van der Waals surface area contributed by atoms with E-state index >= 15 is 0 Å². The van der Waals surface area contributed by atoms with Crippen LogP contribution in [0.15, 0.2) is 47.4 Å². The van der Waals surface area contributed by atoms with Crippen molar-refractivity contribution >= 4 is 5.95 Å². The molecule has 152 valence electrons. The first-order chi connectivity index (χ1) is 14.6. The third-order valence-electron chi connectivity index (χ3n) is 4.84. The predicted octanol–water partition coefficient (Wildman–Crippen LogP) is 4.13. The van der Waals surface area contributed by atoms with Crippen LogP contribution in [0.25, 0.3) is 22.7 Å². The van der Waals surface area contributed by atoms with Gasteiger partial charge in [0.2, 0.25) is 5.95 Å². The van der Waals surface area contributed by atoms with E-state index < -0.39 is 0 Å². The van der Waals surface area contributed by atoms with Gasteiger partial charge in [0.25, 0.3) is 0 Å². The van der Waals surface area contributed by atoms with Gasteiger partial charge in [-0.15, -0.1) is 0 Å². The lowest BCUT2D eigenvalue weighted by molar-refractivity contribution is 0.410. The van der Waals surface area contributed by atoms with Gasteiger partial charge in [-0.1, -0.05) is 23.4 Å². The van der Waals surface area contributed by atoms with Gasteiger partial charge in [-0.3, -0.25) is 9.97 Å². The van der Waals surface area contributed by atoms with Gasteiger partial charge >= 0.3 is 0 Å². The summed E-state index contributed by atoms with van der Waals surface area (Å²) in [4.78, 5) is 18.1. The molecule has 0 unspecified atom stereocenters. The molecule has 1 aromatic carbocycles. The van der Waals surface area contributed by atoms with E-state index in [0.717, 1.165) is 28.3 Å². The van der Waals surface area contributed by atoms with Crippen molar-refractivity contribution in [2.75, 3.05) is 12.4 Å². The molecule has 4 rings (SSSR count). The van der Waals surface area contributed by atoms with Crippen LogP contribution in [0.5, 0.6) is 5.75 Å². The fourth-order valence-electron chi connectivity index (χ4n) is 3.03. The average molecular weight is 402 g/mol. The summed E-state index contributed by atoms with van der Waals surface area (Å²) in [5.41, 5.74) is 5.57. The topological polar surface area (TPSA) is 98.8 Å². The van der Waals surface area contributed by atoms with Crippen molar-refractivity contribution in [1.82, 2.24) is 25.1 Å². The predicted molar refractivity (Wildman–Crippen MR) is 113 cm³/mol. The van der Waals surface area contributed by atoms with Crippen molar-refractivity contribution in [2.45, 2.75) is 27.3 Å². The Morgan fingerprint density at radius 3 is 2.53 bits per heavy atom. The first kappa shape index (κ1) is 19.5. The molecule has 0 fully saturated rings. The second-order valence-corrected chi connectivity index (χ2v) is 6.89. The standard InChI is InChI=1S/C22H22N6O2/c1-13-9-24-18(12-23-13)20-17(21-14(2)15(3)28-30-21)11-26-22(27-20)25-10-16-7-5-6-8-19(16)29-4/h5-9,11-12H,10H2,1-4H3,(H,25,26,27). The van der Waals surface area contributed by atoms with Gasteiger partial charge in [0.1, 0.15) is 17.1 Å². The second-order valence-electron chi connectivity index (χ2n) is 6.89. The molecular formula is C22H22N6O2. The Morgan fingerprint density at radius 2 is 1.83 bits per heavy atom. The zero-order chi connectivity index (χ0) is 21.1. The van der Waals surface area contributed by atoms with Crippen LogP contribution in [0.1, 0.15) is 22.5 Å². The van der Waals surface area contributed by atoms with Gasteiger partial charge in [-0.05, 0) is 26.8 Å². The number of benzene rings is 1. The first-order valence-electron chi connectivity index (χ1n) is 9.52. The molecule has 0 bridgehead atoms. The summed E-state index contributed by atoms with van der Waals surface area (Å²) in [7, 11) is 1.65. The normalized spacial score (nSPS) is 10.8. The van der Waals surface area contributed by atoms with Crippen molar-refractivity contribution in [3.05, 3.63) is 65.4 Å². The Morgan fingerprint density at radius 1 is 1.00 bits per heavy atom. The summed E-state index contributed by atoms with van der Waals surface area (Å²) in [5.74, 6) is 1.90. The van der Waals surface area contributed by atoms with Crippen molar-refractivity contribution in [1.29, 1.82) is 0 Å². The van der Waals surface area contributed by atoms with E-state index in [1.165, 1.54) is 0 Å². The van der Waals surface area contributed by atoms with Crippen molar-refractivity contribution in [3.8, 4) is 28.5 Å². The Bertz CT molecular complexity index is 1170. The highest BCUT2D eigenvalue weighted by molar-refractivity contribution is 5.77. The molecular weight excluding hydrogens is 380 g/mol. The van der Waals surface area contributed by atoms with E-state index in [-0.39, 0.29) is 0 Å². The molecule has 0 aliphatic heterocycles. The summed E-state index contributed by atoms with van der Waals surface area (Å²) in [6.07, 6.45) is 5.13. The van der Waals surface area contributed by atoms with E-state index in [9.17, 15) is 0 Å². The molecule has 8 nitrogen and oxygen atoms in total. The van der Waals surface area contributed by atoms with E-state index in [1.807, 2.05) is 45.0 Å². The Balaban J connectivity index is 1.72. The zero-order valence-electron chi connectivity index (χ0n) is 17.3. The molecule has 0 spiro atoms. The number of hydrogen-bond donors (Lipinski definition) is 1. The monoisotopic (exact) mass is 402 g/mol. The number of aryl methyl sites for hydroxylation is 2. The molecule has 4 aromatic rings. The highest BCUT2D eigenvalue weighted by Crippen LogP contribution is 2.32. The Labute approximate surface area is 174 Å². The molecule has 0 saturated carbocycles. The Kier molecular flexibility index (Phi) is 5.38. The lowest BCUT2D eigenvalue weighted by Gasteiger charge is -2.12. The Hall–Kier alpha value is -3.81. The van der Waals surface area contributed by atoms with E-state index in [4.69, 9.17) is 14.2 Å². The smallest absolute Gasteiger partial charge is 0.223 e. The van der Waals surface area contributed by atoms with Gasteiger partial charge in [-0.25, -0.2) is 9.97 Å². The maximum absolute atomic E-state index is 5.55. The molecule has 8 heteroatoms. The molecule has 1 N–H and O–H groups in total. The molecule has 0 atom stereocenters. The van der Waals surface area contributed by atoms with Crippen LogP contribution in [0, 0.1) is 20.8 Å². The van der Waals surface area contributed by atoms with Crippen LogP contribution in [0.3, 0.4) is 0 Å². The van der Waals surface area contributed by atoms with Crippen LogP contribution in [-0.4, -0.2) is 32.2 Å². The minimum atomic E-state index is 0.468. The van der Waals surface area contributed by atoms with Gasteiger partial charge in [0, 0.05) is 30.1 Å². The molecule has 30 heavy (non-hydrogen) atoms. The maximum Gasteiger partial charge on any atom is 0.223 e. The molecule has 0 amide bonds. The van der Waals surface area contributed by atoms with E-state index in [2.05, 4.69) is 25.4 Å². The van der Waals surface area contributed by atoms with E-state index in [1.54, 1.807) is 25.7 Å². The summed E-state index contributed by atoms with van der Waals surface area (Å²) >= 11 is 0. The fourth-order valence-corrected chi connectivity index (χ4v) is 3.03. The quantitative estimate of drug-likeness (QED) is 0.514. The van der Waals surface area contributed by atoms with Gasteiger partial charge in [0.15, 0.2) is 5.76 Å². The number of nitrogens with zero attached hydrogens (tertiary/aromatic N) is 5. The highest BCUT2D eigenvalue weighted by atomic mass is 16.5. The van der Waals surface area contributed by atoms with Crippen molar-refractivity contribution < 1.29 is 9.26 Å². The largest absolute Gasteiger partial charge is 0.496 e. The molecule has 0 radical (unpaired) electrons. The summed E-state index contributed by atoms with van der Waals surface area (Å²) in [6, 6.07) is 7.81. The fraction of sp³-hybridized carbons (Fsp3) is 0.227.